The molecule has 0 saturated heterocycles. The molecule has 2 aromatic carbocycles. The Morgan fingerprint density at radius 2 is 2.19 bits per heavy atom. The number of hydrogen-bond acceptors (Lipinski definition) is 4. The molecule has 1 aliphatic heterocycles. The molecule has 1 aliphatic rings. The first-order valence-corrected chi connectivity index (χ1v) is 8.90. The van der Waals surface area contributed by atoms with Crippen LogP contribution in [0.15, 0.2) is 60.9 Å². The predicted octanol–water partition coefficient (Wildman–Crippen LogP) is 2.75. The van der Waals surface area contributed by atoms with Gasteiger partial charge in [0.25, 0.3) is 0 Å². The third-order valence-electron chi connectivity index (χ3n) is 4.74. The largest absolute Gasteiger partial charge is 0.497 e. The first-order valence-electron chi connectivity index (χ1n) is 8.90. The summed E-state index contributed by atoms with van der Waals surface area (Å²) in [6, 6.07) is 15.5. The topological polar surface area (TPSA) is 65.4 Å². The molecule has 0 aliphatic carbocycles. The zero-order valence-corrected chi connectivity index (χ0v) is 15.1. The van der Waals surface area contributed by atoms with E-state index >= 15 is 0 Å². The van der Waals surface area contributed by atoms with Crippen LogP contribution in [0, 0.1) is 5.92 Å². The number of rotatable bonds is 5. The second-order valence-electron chi connectivity index (χ2n) is 6.48. The highest BCUT2D eigenvalue weighted by atomic mass is 16.5. The fraction of sp³-hybridized carbons (Fsp3) is 0.238. The van der Waals surface area contributed by atoms with Gasteiger partial charge in [0.05, 0.1) is 18.7 Å². The van der Waals surface area contributed by atoms with Crippen LogP contribution < -0.4 is 14.8 Å². The quantitative estimate of drug-likeness (QED) is 0.757. The molecule has 0 spiro atoms. The summed E-state index contributed by atoms with van der Waals surface area (Å²) in [5.41, 5.74) is 2.96. The molecule has 3 aromatic rings. The number of nitrogens with one attached hydrogen (secondary N) is 1. The molecular formula is C21H21N3O3. The van der Waals surface area contributed by atoms with E-state index in [0.29, 0.717) is 19.6 Å². The molecule has 1 N–H and O–H groups in total. The minimum absolute atomic E-state index is 0.0151. The lowest BCUT2D eigenvalue weighted by atomic mass is 9.95. The number of carbonyl (C=O) groups excluding carboxylic acids is 1. The summed E-state index contributed by atoms with van der Waals surface area (Å²) in [6.07, 6.45) is 4.26. The number of benzene rings is 2. The Kier molecular flexibility index (Phi) is 4.78. The van der Waals surface area contributed by atoms with E-state index in [1.807, 2.05) is 54.7 Å². The SMILES string of the molecule is COc1ccc2c(c1)CC(C(=O)NCc1ccccc1-n1cccn1)CO2. The van der Waals surface area contributed by atoms with Crippen LogP contribution in [0.2, 0.25) is 0 Å². The van der Waals surface area contributed by atoms with Crippen molar-refractivity contribution in [3.63, 3.8) is 0 Å². The smallest absolute Gasteiger partial charge is 0.227 e. The molecule has 0 bridgehead atoms. The Bertz CT molecular complexity index is 938. The molecular weight excluding hydrogens is 342 g/mol. The lowest BCUT2D eigenvalue weighted by Gasteiger charge is -2.25. The zero-order valence-electron chi connectivity index (χ0n) is 15.1. The van der Waals surface area contributed by atoms with Gasteiger partial charge in [-0.2, -0.15) is 5.10 Å². The van der Waals surface area contributed by atoms with Gasteiger partial charge in [-0.05, 0) is 47.9 Å². The molecule has 1 unspecified atom stereocenters. The maximum atomic E-state index is 12.7. The van der Waals surface area contributed by atoms with Gasteiger partial charge in [0.15, 0.2) is 0 Å². The zero-order chi connectivity index (χ0) is 18.6. The molecule has 138 valence electrons. The number of carbonyl (C=O) groups is 1. The molecule has 0 fully saturated rings. The summed E-state index contributed by atoms with van der Waals surface area (Å²) >= 11 is 0. The van der Waals surface area contributed by atoms with Crippen LogP contribution in [-0.4, -0.2) is 29.4 Å². The Morgan fingerprint density at radius 1 is 1.30 bits per heavy atom. The van der Waals surface area contributed by atoms with Crippen molar-refractivity contribution in [3.05, 3.63) is 72.1 Å². The molecule has 0 saturated carbocycles. The van der Waals surface area contributed by atoms with Gasteiger partial charge in [-0.1, -0.05) is 18.2 Å². The Labute approximate surface area is 157 Å². The van der Waals surface area contributed by atoms with E-state index < -0.39 is 0 Å². The molecule has 2 heterocycles. The van der Waals surface area contributed by atoms with Gasteiger partial charge in [-0.25, -0.2) is 4.68 Å². The van der Waals surface area contributed by atoms with Gasteiger partial charge in [0, 0.05) is 18.9 Å². The van der Waals surface area contributed by atoms with E-state index in [2.05, 4.69) is 10.4 Å². The number of fused-ring (bicyclic) bond motifs is 1. The van der Waals surface area contributed by atoms with E-state index in [1.54, 1.807) is 18.0 Å². The van der Waals surface area contributed by atoms with E-state index in [1.165, 1.54) is 0 Å². The molecule has 4 rings (SSSR count). The van der Waals surface area contributed by atoms with Gasteiger partial charge in [-0.3, -0.25) is 4.79 Å². The summed E-state index contributed by atoms with van der Waals surface area (Å²) in [4.78, 5) is 12.7. The Balaban J connectivity index is 1.43. The van der Waals surface area contributed by atoms with Crippen molar-refractivity contribution >= 4 is 5.91 Å². The summed E-state index contributed by atoms with van der Waals surface area (Å²) in [7, 11) is 1.63. The van der Waals surface area contributed by atoms with Gasteiger partial charge in [-0.15, -0.1) is 0 Å². The Morgan fingerprint density at radius 3 is 3.00 bits per heavy atom. The van der Waals surface area contributed by atoms with Gasteiger partial charge < -0.3 is 14.8 Å². The van der Waals surface area contributed by atoms with Crippen molar-refractivity contribution in [2.75, 3.05) is 13.7 Å². The summed E-state index contributed by atoms with van der Waals surface area (Å²) in [6.45, 7) is 0.822. The minimum atomic E-state index is -0.221. The molecule has 6 nitrogen and oxygen atoms in total. The van der Waals surface area contributed by atoms with Gasteiger partial charge in [0.1, 0.15) is 18.1 Å². The van der Waals surface area contributed by atoms with Crippen LogP contribution in [0.25, 0.3) is 5.69 Å². The fourth-order valence-electron chi connectivity index (χ4n) is 3.29. The first kappa shape index (κ1) is 17.1. The van der Waals surface area contributed by atoms with Crippen LogP contribution in [0.4, 0.5) is 0 Å². The minimum Gasteiger partial charge on any atom is -0.497 e. The molecule has 6 heteroatoms. The monoisotopic (exact) mass is 363 g/mol. The van der Waals surface area contributed by atoms with Crippen molar-refractivity contribution in [3.8, 4) is 17.2 Å². The summed E-state index contributed by atoms with van der Waals surface area (Å²) in [5.74, 6) is 1.36. The average Bonchev–Trinajstić information content (AvgIpc) is 3.26. The number of para-hydroxylation sites is 1. The number of methoxy groups -OCH3 is 1. The highest BCUT2D eigenvalue weighted by molar-refractivity contribution is 5.79. The number of ether oxygens (including phenoxy) is 2. The van der Waals surface area contributed by atoms with Crippen LogP contribution in [0.3, 0.4) is 0 Å². The standard InChI is InChI=1S/C21H21N3O3/c1-26-18-7-8-20-16(12-18)11-17(14-27-20)21(25)22-13-15-5-2-3-6-19(15)24-10-4-9-23-24/h2-10,12,17H,11,13-14H2,1H3,(H,22,25). The van der Waals surface area contributed by atoms with E-state index in [0.717, 1.165) is 28.3 Å². The van der Waals surface area contributed by atoms with Crippen LogP contribution in [0.5, 0.6) is 11.5 Å². The normalized spacial score (nSPS) is 15.5. The van der Waals surface area contributed by atoms with Crippen molar-refractivity contribution in [2.24, 2.45) is 5.92 Å². The van der Waals surface area contributed by atoms with Crippen molar-refractivity contribution in [1.29, 1.82) is 0 Å². The lowest BCUT2D eigenvalue weighted by molar-refractivity contribution is -0.126. The number of amides is 1. The number of aromatic nitrogens is 2. The fourth-order valence-corrected chi connectivity index (χ4v) is 3.29. The van der Waals surface area contributed by atoms with Crippen molar-refractivity contribution in [1.82, 2.24) is 15.1 Å². The summed E-state index contributed by atoms with van der Waals surface area (Å²) < 4.78 is 12.8. The third-order valence-corrected chi connectivity index (χ3v) is 4.74. The van der Waals surface area contributed by atoms with Crippen LogP contribution in [0.1, 0.15) is 11.1 Å². The molecule has 1 amide bonds. The lowest BCUT2D eigenvalue weighted by Crippen LogP contribution is -2.37. The van der Waals surface area contributed by atoms with E-state index in [-0.39, 0.29) is 11.8 Å². The first-order chi connectivity index (χ1) is 13.2. The molecule has 1 aromatic heterocycles. The predicted molar refractivity (Wildman–Crippen MR) is 101 cm³/mol. The molecule has 0 radical (unpaired) electrons. The van der Waals surface area contributed by atoms with Crippen molar-refractivity contribution in [2.45, 2.75) is 13.0 Å². The van der Waals surface area contributed by atoms with Crippen LogP contribution >= 0.6 is 0 Å². The van der Waals surface area contributed by atoms with E-state index in [9.17, 15) is 4.79 Å². The van der Waals surface area contributed by atoms with Crippen LogP contribution in [-0.2, 0) is 17.8 Å². The van der Waals surface area contributed by atoms with Crippen molar-refractivity contribution < 1.29 is 14.3 Å². The number of hydrogen-bond donors (Lipinski definition) is 1. The van der Waals surface area contributed by atoms with E-state index in [4.69, 9.17) is 9.47 Å². The second kappa shape index (κ2) is 7.53. The highest BCUT2D eigenvalue weighted by Gasteiger charge is 2.26. The number of nitrogens with zero attached hydrogens (tertiary/aromatic N) is 2. The second-order valence-corrected chi connectivity index (χ2v) is 6.48. The third kappa shape index (κ3) is 3.65. The maximum Gasteiger partial charge on any atom is 0.227 e. The maximum absolute atomic E-state index is 12.7. The molecule has 27 heavy (non-hydrogen) atoms. The Hall–Kier alpha value is -3.28. The van der Waals surface area contributed by atoms with Gasteiger partial charge >= 0.3 is 0 Å². The highest BCUT2D eigenvalue weighted by Crippen LogP contribution is 2.30. The van der Waals surface area contributed by atoms with Gasteiger partial charge in [0.2, 0.25) is 5.91 Å². The average molecular weight is 363 g/mol. The summed E-state index contributed by atoms with van der Waals surface area (Å²) in [5, 5.41) is 7.32. The molecule has 1 atom stereocenters.